The van der Waals surface area contributed by atoms with Gasteiger partial charge in [-0.05, 0) is 36.1 Å². The predicted molar refractivity (Wildman–Crippen MR) is 138 cm³/mol. The summed E-state index contributed by atoms with van der Waals surface area (Å²) in [5.74, 6) is -0.796. The number of piperidine rings is 1. The second kappa shape index (κ2) is 12.0. The van der Waals surface area contributed by atoms with E-state index < -0.39 is 10.0 Å². The van der Waals surface area contributed by atoms with Crippen molar-refractivity contribution in [1.82, 2.24) is 14.5 Å². The SMILES string of the molecule is O=C(NCc1ccc(CN2CCOCC2)cc1)[C@H]1CCCN(S(=O)(=O)Cc2c(Cl)cccc2Cl)C1. The van der Waals surface area contributed by atoms with Crippen molar-refractivity contribution in [2.24, 2.45) is 5.92 Å². The first-order valence-electron chi connectivity index (χ1n) is 11.9. The van der Waals surface area contributed by atoms with Gasteiger partial charge in [0.25, 0.3) is 0 Å². The molecule has 2 aromatic carbocycles. The number of carbonyl (C=O) groups excluding carboxylic acids is 1. The molecule has 1 atom stereocenters. The van der Waals surface area contributed by atoms with Crippen molar-refractivity contribution in [3.63, 3.8) is 0 Å². The summed E-state index contributed by atoms with van der Waals surface area (Å²) in [5.41, 5.74) is 2.63. The third-order valence-corrected chi connectivity index (χ3v) is 9.02. The van der Waals surface area contributed by atoms with Gasteiger partial charge in [0, 0.05) is 54.9 Å². The van der Waals surface area contributed by atoms with Crippen molar-refractivity contribution in [3.05, 3.63) is 69.2 Å². The first-order valence-corrected chi connectivity index (χ1v) is 14.2. The molecule has 0 bridgehead atoms. The number of nitrogens with zero attached hydrogens (tertiary/aromatic N) is 2. The number of ether oxygens (including phenoxy) is 1. The molecule has 7 nitrogen and oxygen atoms in total. The lowest BCUT2D eigenvalue weighted by Crippen LogP contribution is -2.45. The van der Waals surface area contributed by atoms with Gasteiger partial charge in [-0.2, -0.15) is 0 Å². The van der Waals surface area contributed by atoms with Gasteiger partial charge in [0.15, 0.2) is 0 Å². The minimum Gasteiger partial charge on any atom is -0.379 e. The predicted octanol–water partition coefficient (Wildman–Crippen LogP) is 3.68. The maximum Gasteiger partial charge on any atom is 0.224 e. The molecular weight excluding hydrogens is 509 g/mol. The summed E-state index contributed by atoms with van der Waals surface area (Å²) in [5, 5.41) is 3.62. The molecule has 0 radical (unpaired) electrons. The van der Waals surface area contributed by atoms with Crippen molar-refractivity contribution in [2.75, 3.05) is 39.4 Å². The van der Waals surface area contributed by atoms with Crippen LogP contribution < -0.4 is 5.32 Å². The summed E-state index contributed by atoms with van der Waals surface area (Å²) in [7, 11) is -3.66. The van der Waals surface area contributed by atoms with E-state index in [0.717, 1.165) is 38.4 Å². The van der Waals surface area contributed by atoms with E-state index in [0.29, 0.717) is 41.5 Å². The number of benzene rings is 2. The summed E-state index contributed by atoms with van der Waals surface area (Å²) in [6.45, 7) is 5.29. The van der Waals surface area contributed by atoms with E-state index in [1.165, 1.54) is 9.87 Å². The van der Waals surface area contributed by atoms with Crippen LogP contribution in [0, 0.1) is 5.92 Å². The molecule has 2 fully saturated rings. The monoisotopic (exact) mass is 539 g/mol. The van der Waals surface area contributed by atoms with Gasteiger partial charge < -0.3 is 10.1 Å². The Labute approximate surface area is 217 Å². The number of hydrogen-bond donors (Lipinski definition) is 1. The van der Waals surface area contributed by atoms with Crippen molar-refractivity contribution in [2.45, 2.75) is 31.7 Å². The number of sulfonamides is 1. The van der Waals surface area contributed by atoms with Crippen LogP contribution in [-0.4, -0.2) is 62.9 Å². The summed E-state index contributed by atoms with van der Waals surface area (Å²) in [6.07, 6.45) is 1.28. The topological polar surface area (TPSA) is 79.0 Å². The standard InChI is InChI=1S/C25H31Cl2N3O4S/c26-23-4-1-5-24(27)22(23)18-35(32,33)30-10-2-3-21(17-30)25(31)28-15-19-6-8-20(9-7-19)16-29-11-13-34-14-12-29/h1,4-9,21H,2-3,10-18H2,(H,28,31)/t21-/m0/s1. The zero-order chi connectivity index (χ0) is 24.8. The van der Waals surface area contributed by atoms with Gasteiger partial charge in [-0.3, -0.25) is 9.69 Å². The molecule has 0 spiro atoms. The van der Waals surface area contributed by atoms with Gasteiger partial charge in [-0.1, -0.05) is 53.5 Å². The van der Waals surface area contributed by atoms with Crippen LogP contribution in [0.15, 0.2) is 42.5 Å². The fraction of sp³-hybridized carbons (Fsp3) is 0.480. The highest BCUT2D eigenvalue weighted by Gasteiger charge is 2.33. The molecule has 2 heterocycles. The molecule has 190 valence electrons. The van der Waals surface area contributed by atoms with Gasteiger partial charge in [0.05, 0.1) is 24.9 Å². The highest BCUT2D eigenvalue weighted by Crippen LogP contribution is 2.29. The van der Waals surface area contributed by atoms with Gasteiger partial charge >= 0.3 is 0 Å². The number of hydrogen-bond acceptors (Lipinski definition) is 5. The minimum absolute atomic E-state index is 0.127. The molecule has 1 amide bonds. The number of carbonyl (C=O) groups is 1. The quantitative estimate of drug-likeness (QED) is 0.553. The van der Waals surface area contributed by atoms with Crippen LogP contribution in [0.2, 0.25) is 10.0 Å². The van der Waals surface area contributed by atoms with E-state index >= 15 is 0 Å². The van der Waals surface area contributed by atoms with Gasteiger partial charge in [-0.25, -0.2) is 12.7 Å². The first kappa shape index (κ1) is 26.4. The van der Waals surface area contributed by atoms with Crippen LogP contribution >= 0.6 is 23.2 Å². The van der Waals surface area contributed by atoms with E-state index in [-0.39, 0.29) is 24.1 Å². The van der Waals surface area contributed by atoms with Crippen LogP contribution in [0.5, 0.6) is 0 Å². The Bertz CT molecular complexity index is 1100. The van der Waals surface area contributed by atoms with Crippen LogP contribution in [0.1, 0.15) is 29.5 Å². The molecular formula is C25H31Cl2N3O4S. The molecule has 1 N–H and O–H groups in total. The summed E-state index contributed by atoms with van der Waals surface area (Å²) >= 11 is 12.3. The smallest absolute Gasteiger partial charge is 0.224 e. The van der Waals surface area contributed by atoms with E-state index in [4.69, 9.17) is 27.9 Å². The maximum absolute atomic E-state index is 13.0. The second-order valence-electron chi connectivity index (χ2n) is 9.08. The van der Waals surface area contributed by atoms with Crippen LogP contribution in [0.4, 0.5) is 0 Å². The molecule has 4 rings (SSSR count). The number of rotatable bonds is 8. The lowest BCUT2D eigenvalue weighted by atomic mass is 9.98. The van der Waals surface area contributed by atoms with E-state index in [1.54, 1.807) is 18.2 Å². The fourth-order valence-corrected chi connectivity index (χ4v) is 6.83. The van der Waals surface area contributed by atoms with Crippen LogP contribution in [0.3, 0.4) is 0 Å². The average Bonchev–Trinajstić information content (AvgIpc) is 2.86. The number of morpholine rings is 1. The molecule has 2 saturated heterocycles. The molecule has 2 aliphatic heterocycles. The van der Waals surface area contributed by atoms with Crippen molar-refractivity contribution < 1.29 is 17.9 Å². The van der Waals surface area contributed by atoms with Crippen molar-refractivity contribution in [3.8, 4) is 0 Å². The summed E-state index contributed by atoms with van der Waals surface area (Å²) in [4.78, 5) is 15.2. The average molecular weight is 541 g/mol. The van der Waals surface area contributed by atoms with Crippen molar-refractivity contribution in [1.29, 1.82) is 0 Å². The Morgan fingerprint density at radius 2 is 1.66 bits per heavy atom. The number of amides is 1. The maximum atomic E-state index is 13.0. The lowest BCUT2D eigenvalue weighted by molar-refractivity contribution is -0.126. The summed E-state index contributed by atoms with van der Waals surface area (Å²) in [6, 6.07) is 13.2. The van der Waals surface area contributed by atoms with Crippen LogP contribution in [0.25, 0.3) is 0 Å². The molecule has 2 aromatic rings. The zero-order valence-corrected chi connectivity index (χ0v) is 21.9. The third-order valence-electron chi connectivity index (χ3n) is 6.54. The third kappa shape index (κ3) is 7.18. The molecule has 35 heavy (non-hydrogen) atoms. The number of nitrogens with one attached hydrogen (secondary N) is 1. The molecule has 0 aliphatic carbocycles. The van der Waals surface area contributed by atoms with E-state index in [1.807, 2.05) is 12.1 Å². The first-order chi connectivity index (χ1) is 16.8. The van der Waals surface area contributed by atoms with Crippen molar-refractivity contribution >= 4 is 39.1 Å². The van der Waals surface area contributed by atoms with Gasteiger partial charge in [0.2, 0.25) is 15.9 Å². The molecule has 0 unspecified atom stereocenters. The lowest BCUT2D eigenvalue weighted by Gasteiger charge is -2.31. The normalized spacial score (nSPS) is 20.0. The Balaban J connectivity index is 1.29. The Kier molecular flexibility index (Phi) is 9.07. The van der Waals surface area contributed by atoms with Gasteiger partial charge in [0.1, 0.15) is 0 Å². The molecule has 0 saturated carbocycles. The number of halogens is 2. The van der Waals surface area contributed by atoms with E-state index in [2.05, 4.69) is 22.3 Å². The largest absolute Gasteiger partial charge is 0.379 e. The molecule has 2 aliphatic rings. The van der Waals surface area contributed by atoms with Crippen LogP contribution in [-0.2, 0) is 38.4 Å². The second-order valence-corrected chi connectivity index (χ2v) is 11.9. The molecule has 0 aromatic heterocycles. The fourth-order valence-electron chi connectivity index (χ4n) is 4.47. The minimum atomic E-state index is -3.66. The molecule has 10 heteroatoms. The van der Waals surface area contributed by atoms with Gasteiger partial charge in [-0.15, -0.1) is 0 Å². The zero-order valence-electron chi connectivity index (χ0n) is 19.6. The highest BCUT2D eigenvalue weighted by atomic mass is 35.5. The Hall–Kier alpha value is -1.68. The Morgan fingerprint density at radius 1 is 1.00 bits per heavy atom. The Morgan fingerprint density at radius 3 is 2.34 bits per heavy atom. The highest BCUT2D eigenvalue weighted by molar-refractivity contribution is 7.88. The summed E-state index contributed by atoms with van der Waals surface area (Å²) < 4.78 is 32.9. The van der Waals surface area contributed by atoms with E-state index in [9.17, 15) is 13.2 Å².